The van der Waals surface area contributed by atoms with Crippen molar-refractivity contribution in [3.63, 3.8) is 0 Å². The Morgan fingerprint density at radius 3 is 2.68 bits per heavy atom. The summed E-state index contributed by atoms with van der Waals surface area (Å²) in [5.74, 6) is 0.147. The molecule has 1 aromatic carbocycles. The molecule has 0 radical (unpaired) electrons. The zero-order valence-electron chi connectivity index (χ0n) is 22.6. The number of aromatic nitrogens is 4. The van der Waals surface area contributed by atoms with Crippen LogP contribution in [0.4, 0.5) is 17.3 Å². The molecule has 0 unspecified atom stereocenters. The van der Waals surface area contributed by atoms with Crippen molar-refractivity contribution in [2.24, 2.45) is 11.1 Å². The maximum atomic E-state index is 13.1. The third-order valence-corrected chi connectivity index (χ3v) is 10.3. The predicted octanol–water partition coefficient (Wildman–Crippen LogP) is 3.81. The van der Waals surface area contributed by atoms with Gasteiger partial charge in [0.25, 0.3) is 11.5 Å². The molecule has 216 valence electrons. The van der Waals surface area contributed by atoms with Crippen LogP contribution in [0, 0.1) is 5.41 Å². The van der Waals surface area contributed by atoms with E-state index in [1.54, 1.807) is 24.4 Å². The van der Waals surface area contributed by atoms with E-state index in [9.17, 15) is 14.7 Å². The van der Waals surface area contributed by atoms with Gasteiger partial charge >= 0.3 is 0 Å². The van der Waals surface area contributed by atoms with Crippen LogP contribution in [0.3, 0.4) is 0 Å². The molecule has 13 heteroatoms. The molecule has 1 spiro atoms. The summed E-state index contributed by atoms with van der Waals surface area (Å²) in [6.45, 7) is 2.21. The topological polar surface area (TPSA) is 165 Å². The average Bonchev–Trinajstić information content (AvgIpc) is 3.31. The molecule has 1 saturated heterocycles. The van der Waals surface area contributed by atoms with Gasteiger partial charge in [0.15, 0.2) is 11.4 Å². The molecule has 1 aliphatic carbocycles. The van der Waals surface area contributed by atoms with Gasteiger partial charge in [0.2, 0.25) is 5.88 Å². The average molecular weight is 597 g/mol. The molecule has 1 atom stereocenters. The van der Waals surface area contributed by atoms with Gasteiger partial charge in [-0.2, -0.15) is 4.98 Å². The Morgan fingerprint density at radius 1 is 1.15 bits per heavy atom. The molecule has 2 aliphatic heterocycles. The summed E-state index contributed by atoms with van der Waals surface area (Å²) in [6, 6.07) is 5.39. The number of carbonyl (C=O) groups is 1. The minimum atomic E-state index is -0.782. The molecule has 41 heavy (non-hydrogen) atoms. The number of halogens is 1. The summed E-state index contributed by atoms with van der Waals surface area (Å²) < 4.78 is 1.45. The standard InChI is InChI=1S/C28H33ClN8O3S/c29-22-16(33-24(38)21-25(39)35-19-8-1-2-12-37(19)27(21)40)5-3-6-17(22)41-26-23(31)34-20(15-32-26)36-13-10-28(11-14-36)9-4-7-18(28)30/h3,5-6,15,18,39H,1-2,4,7-14,30H2,(H2,31,34)(H,33,38)/t18-/m1/s1. The third kappa shape index (κ3) is 5.24. The molecule has 0 bridgehead atoms. The van der Waals surface area contributed by atoms with Crippen molar-refractivity contribution >= 4 is 46.6 Å². The van der Waals surface area contributed by atoms with Gasteiger partial charge in [-0.1, -0.05) is 35.9 Å². The van der Waals surface area contributed by atoms with E-state index in [4.69, 9.17) is 23.1 Å². The van der Waals surface area contributed by atoms with Crippen LogP contribution >= 0.6 is 23.4 Å². The molecule has 6 rings (SSSR count). The summed E-state index contributed by atoms with van der Waals surface area (Å²) in [6.07, 6.45) is 9.61. The van der Waals surface area contributed by atoms with Crippen LogP contribution in [0.2, 0.25) is 5.02 Å². The molecule has 2 fully saturated rings. The van der Waals surface area contributed by atoms with Crippen LogP contribution < -0.4 is 27.2 Å². The lowest BCUT2D eigenvalue weighted by Crippen LogP contribution is -2.47. The maximum absolute atomic E-state index is 13.1. The van der Waals surface area contributed by atoms with Crippen molar-refractivity contribution in [2.75, 3.05) is 29.0 Å². The van der Waals surface area contributed by atoms with Crippen LogP contribution in [0.15, 0.2) is 39.1 Å². The highest BCUT2D eigenvalue weighted by molar-refractivity contribution is 7.99. The Hall–Kier alpha value is -3.35. The van der Waals surface area contributed by atoms with Crippen molar-refractivity contribution < 1.29 is 9.90 Å². The number of nitrogens with zero attached hydrogens (tertiary/aromatic N) is 5. The van der Waals surface area contributed by atoms with Gasteiger partial charge in [-0.25, -0.2) is 9.97 Å². The first kappa shape index (κ1) is 27.8. The van der Waals surface area contributed by atoms with E-state index in [-0.39, 0.29) is 28.0 Å². The van der Waals surface area contributed by atoms with Gasteiger partial charge < -0.3 is 26.8 Å². The number of hydrogen-bond donors (Lipinski definition) is 4. The Labute approximate surface area is 246 Å². The number of rotatable bonds is 5. The molecule has 1 saturated carbocycles. The second-order valence-corrected chi connectivity index (χ2v) is 12.5. The van der Waals surface area contributed by atoms with Crippen LogP contribution in [0.25, 0.3) is 0 Å². The SMILES string of the molecule is Nc1nc(N2CCC3(CCC[C@H]3N)CC2)cnc1Sc1cccc(NC(=O)c2c(O)nc3n(c2=O)CCCC3)c1Cl. The number of piperidine rings is 1. The first-order chi connectivity index (χ1) is 19.8. The quantitative estimate of drug-likeness (QED) is 0.340. The number of aryl methyl sites for hydroxylation is 1. The van der Waals surface area contributed by atoms with E-state index in [1.807, 2.05) is 0 Å². The molecule has 3 aliphatic rings. The number of nitrogens with two attached hydrogens (primary N) is 2. The van der Waals surface area contributed by atoms with Gasteiger partial charge in [0.05, 0.1) is 16.9 Å². The summed E-state index contributed by atoms with van der Waals surface area (Å²) >= 11 is 7.89. The Bertz CT molecular complexity index is 1560. The minimum Gasteiger partial charge on any atom is -0.493 e. The fraction of sp³-hybridized carbons (Fsp3) is 0.464. The highest BCUT2D eigenvalue weighted by Crippen LogP contribution is 2.46. The summed E-state index contributed by atoms with van der Waals surface area (Å²) in [7, 11) is 0. The number of amides is 1. The summed E-state index contributed by atoms with van der Waals surface area (Å²) in [5.41, 5.74) is 12.3. The Kier molecular flexibility index (Phi) is 7.56. The van der Waals surface area contributed by atoms with E-state index >= 15 is 0 Å². The van der Waals surface area contributed by atoms with Crippen LogP contribution in [-0.4, -0.2) is 49.7 Å². The monoisotopic (exact) mass is 596 g/mol. The predicted molar refractivity (Wildman–Crippen MR) is 159 cm³/mol. The van der Waals surface area contributed by atoms with E-state index in [2.05, 4.69) is 25.2 Å². The van der Waals surface area contributed by atoms with E-state index in [0.717, 1.165) is 51.0 Å². The van der Waals surface area contributed by atoms with Crippen molar-refractivity contribution in [3.05, 3.63) is 51.2 Å². The van der Waals surface area contributed by atoms with Gasteiger partial charge in [-0.3, -0.25) is 14.2 Å². The maximum Gasteiger partial charge on any atom is 0.270 e. The van der Waals surface area contributed by atoms with Gasteiger partial charge in [0, 0.05) is 37.0 Å². The second-order valence-electron chi connectivity index (χ2n) is 11.1. The number of anilines is 3. The van der Waals surface area contributed by atoms with Crippen molar-refractivity contribution in [2.45, 2.75) is 73.9 Å². The van der Waals surface area contributed by atoms with Crippen molar-refractivity contribution in [1.29, 1.82) is 0 Å². The first-order valence-electron chi connectivity index (χ1n) is 14.0. The minimum absolute atomic E-state index is 0.246. The van der Waals surface area contributed by atoms with Crippen LogP contribution in [0.1, 0.15) is 61.1 Å². The number of aromatic hydroxyl groups is 1. The van der Waals surface area contributed by atoms with Gasteiger partial charge in [-0.05, 0) is 56.1 Å². The summed E-state index contributed by atoms with van der Waals surface area (Å²) in [4.78, 5) is 42.1. The second kappa shape index (κ2) is 11.1. The molecular formula is C28H33ClN8O3S. The van der Waals surface area contributed by atoms with Gasteiger partial charge in [-0.15, -0.1) is 0 Å². The molecule has 3 aromatic rings. The van der Waals surface area contributed by atoms with Crippen molar-refractivity contribution in [1.82, 2.24) is 19.5 Å². The fourth-order valence-electron chi connectivity index (χ4n) is 6.32. The molecule has 2 aromatic heterocycles. The number of fused-ring (bicyclic) bond motifs is 1. The number of carbonyl (C=O) groups excluding carboxylic acids is 1. The number of hydrogen-bond acceptors (Lipinski definition) is 10. The highest BCUT2D eigenvalue weighted by Gasteiger charge is 2.43. The van der Waals surface area contributed by atoms with E-state index in [1.165, 1.54) is 29.2 Å². The van der Waals surface area contributed by atoms with E-state index in [0.29, 0.717) is 28.7 Å². The first-order valence-corrected chi connectivity index (χ1v) is 15.2. The third-order valence-electron chi connectivity index (χ3n) is 8.72. The molecule has 11 nitrogen and oxygen atoms in total. The normalized spacial score (nSPS) is 19.8. The molecular weight excluding hydrogens is 564 g/mol. The number of benzene rings is 1. The largest absolute Gasteiger partial charge is 0.493 e. The van der Waals surface area contributed by atoms with E-state index < -0.39 is 22.9 Å². The Balaban J connectivity index is 1.16. The lowest BCUT2D eigenvalue weighted by molar-refractivity contribution is 0.102. The van der Waals surface area contributed by atoms with Crippen molar-refractivity contribution in [3.8, 4) is 5.88 Å². The lowest BCUT2D eigenvalue weighted by atomic mass is 9.74. The Morgan fingerprint density at radius 2 is 1.95 bits per heavy atom. The number of nitrogens with one attached hydrogen (secondary N) is 1. The van der Waals surface area contributed by atoms with Crippen LogP contribution in [-0.2, 0) is 13.0 Å². The molecule has 4 heterocycles. The number of nitrogen functional groups attached to an aromatic ring is 1. The highest BCUT2D eigenvalue weighted by atomic mass is 35.5. The molecule has 1 amide bonds. The van der Waals surface area contributed by atoms with Gasteiger partial charge in [0.1, 0.15) is 16.7 Å². The van der Waals surface area contributed by atoms with Crippen LogP contribution in [0.5, 0.6) is 5.88 Å². The lowest BCUT2D eigenvalue weighted by Gasteiger charge is -2.42. The summed E-state index contributed by atoms with van der Waals surface area (Å²) in [5, 5.41) is 13.7. The zero-order chi connectivity index (χ0) is 28.7. The zero-order valence-corrected chi connectivity index (χ0v) is 24.2. The smallest absolute Gasteiger partial charge is 0.270 e. The fourth-order valence-corrected chi connectivity index (χ4v) is 7.41. The molecule has 6 N–H and O–H groups in total.